The fraction of sp³-hybridized carbons (Fsp3) is 0.483. The number of hydrogen-bond acceptors (Lipinski definition) is 7. The smallest absolute Gasteiger partial charge is 0.279 e. The second kappa shape index (κ2) is 10.8. The zero-order chi connectivity index (χ0) is 27.9. The summed E-state index contributed by atoms with van der Waals surface area (Å²) in [4.78, 5) is 39.6. The van der Waals surface area contributed by atoms with E-state index in [0.29, 0.717) is 23.4 Å². The average Bonchev–Trinajstić information content (AvgIpc) is 3.40. The maximum Gasteiger partial charge on any atom is 0.279 e. The molecule has 2 aromatic carbocycles. The van der Waals surface area contributed by atoms with Gasteiger partial charge in [-0.2, -0.15) is 9.78 Å². The number of rotatable bonds is 7. The standard InChI is InChI=1S/C29H37N3O6Si/c1-18-27(37-2)23-14-20(32-29(35)22-10-6-5-8-19(22)16-30-32)11-12-24(23)38-28(18)25(39(3,4)36)15-26(34)31-13-7-9-21(31)17-33/h5-6,8,10-12,14,16,18,21,25,27-28,33,36H,7,9,13,15,17H2,1-4H3/t18-,21-,25?,27-,28-/m0/s1. The quantitative estimate of drug-likeness (QED) is 0.433. The van der Waals surface area contributed by atoms with Gasteiger partial charge in [-0.25, -0.2) is 0 Å². The number of aliphatic hydroxyl groups excluding tert-OH is 1. The zero-order valence-electron chi connectivity index (χ0n) is 22.9. The molecule has 39 heavy (non-hydrogen) atoms. The van der Waals surface area contributed by atoms with E-state index in [1.807, 2.05) is 50.3 Å². The van der Waals surface area contributed by atoms with Gasteiger partial charge in [-0.05, 0) is 50.2 Å². The van der Waals surface area contributed by atoms with Crippen LogP contribution >= 0.6 is 0 Å². The highest BCUT2D eigenvalue weighted by Crippen LogP contribution is 2.47. The monoisotopic (exact) mass is 551 g/mol. The number of methoxy groups -OCH3 is 1. The summed E-state index contributed by atoms with van der Waals surface area (Å²) in [7, 11) is -1.23. The van der Waals surface area contributed by atoms with Gasteiger partial charge in [-0.1, -0.05) is 25.1 Å². The van der Waals surface area contributed by atoms with Crippen molar-refractivity contribution in [2.24, 2.45) is 5.92 Å². The summed E-state index contributed by atoms with van der Waals surface area (Å²) in [6.45, 7) is 6.27. The zero-order valence-corrected chi connectivity index (χ0v) is 23.9. The predicted molar refractivity (Wildman–Crippen MR) is 151 cm³/mol. The van der Waals surface area contributed by atoms with E-state index in [4.69, 9.17) is 9.47 Å². The molecule has 0 aliphatic carbocycles. The molecule has 2 N–H and O–H groups in total. The van der Waals surface area contributed by atoms with E-state index in [9.17, 15) is 19.5 Å². The number of carbonyl (C=O) groups is 1. The summed E-state index contributed by atoms with van der Waals surface area (Å²) in [5, 5.41) is 15.5. The van der Waals surface area contributed by atoms with E-state index in [-0.39, 0.29) is 48.1 Å². The maximum atomic E-state index is 13.3. The van der Waals surface area contributed by atoms with Crippen molar-refractivity contribution in [2.45, 2.75) is 63.1 Å². The Hall–Kier alpha value is -3.05. The van der Waals surface area contributed by atoms with Crippen molar-refractivity contribution in [1.82, 2.24) is 14.7 Å². The highest BCUT2D eigenvalue weighted by molar-refractivity contribution is 6.71. The molecule has 1 saturated heterocycles. The molecule has 9 nitrogen and oxygen atoms in total. The summed E-state index contributed by atoms with van der Waals surface area (Å²) in [5.74, 6) is 0.370. The average molecular weight is 552 g/mol. The number of hydrogen-bond donors (Lipinski definition) is 2. The van der Waals surface area contributed by atoms with Gasteiger partial charge in [0.15, 0.2) is 8.32 Å². The summed E-state index contributed by atoms with van der Waals surface area (Å²) in [6.07, 6.45) is 2.67. The van der Waals surface area contributed by atoms with Gasteiger partial charge in [0.05, 0.1) is 36.0 Å². The third kappa shape index (κ3) is 5.14. The lowest BCUT2D eigenvalue weighted by atomic mass is 9.86. The lowest BCUT2D eigenvalue weighted by Crippen LogP contribution is -2.50. The first-order valence-corrected chi connectivity index (χ1v) is 16.6. The molecule has 5 rings (SSSR count). The van der Waals surface area contributed by atoms with Gasteiger partial charge in [-0.15, -0.1) is 0 Å². The van der Waals surface area contributed by atoms with Crippen LogP contribution in [0.3, 0.4) is 0 Å². The number of likely N-dealkylation sites (tertiary alicyclic amines) is 1. The molecule has 5 atom stereocenters. The Kier molecular flexibility index (Phi) is 7.65. The number of nitrogens with zero attached hydrogens (tertiary/aromatic N) is 3. The van der Waals surface area contributed by atoms with E-state index in [1.54, 1.807) is 30.3 Å². The van der Waals surface area contributed by atoms with Crippen molar-refractivity contribution in [3.8, 4) is 11.4 Å². The Balaban J connectivity index is 1.48. The Morgan fingerprint density at radius 2 is 2.03 bits per heavy atom. The molecular formula is C29H37N3O6Si. The molecule has 1 aromatic heterocycles. The number of carbonyl (C=O) groups excluding carboxylic acids is 1. The van der Waals surface area contributed by atoms with Crippen molar-refractivity contribution in [3.05, 3.63) is 64.6 Å². The molecule has 3 heterocycles. The molecule has 0 saturated carbocycles. The molecule has 2 aliphatic rings. The van der Waals surface area contributed by atoms with Crippen LogP contribution in [-0.4, -0.2) is 71.2 Å². The molecular weight excluding hydrogens is 514 g/mol. The Morgan fingerprint density at radius 1 is 1.26 bits per heavy atom. The fourth-order valence-electron chi connectivity index (χ4n) is 6.20. The number of ether oxygens (including phenoxy) is 2. The Bertz CT molecular complexity index is 1420. The fourth-order valence-corrected chi connectivity index (χ4v) is 8.05. The van der Waals surface area contributed by atoms with Crippen molar-refractivity contribution >= 4 is 25.0 Å². The van der Waals surface area contributed by atoms with Crippen LogP contribution in [0.5, 0.6) is 5.75 Å². The van der Waals surface area contributed by atoms with Gasteiger partial charge in [0.2, 0.25) is 5.91 Å². The van der Waals surface area contributed by atoms with E-state index in [2.05, 4.69) is 5.10 Å². The molecule has 0 spiro atoms. The summed E-state index contributed by atoms with van der Waals surface area (Å²) in [5.41, 5.74) is 0.811. The third-order valence-corrected chi connectivity index (χ3v) is 10.7. The molecule has 0 radical (unpaired) electrons. The molecule has 208 valence electrons. The minimum Gasteiger partial charge on any atom is -0.490 e. The summed E-state index contributed by atoms with van der Waals surface area (Å²) >= 11 is 0. The lowest BCUT2D eigenvalue weighted by Gasteiger charge is -2.44. The maximum absolute atomic E-state index is 13.3. The van der Waals surface area contributed by atoms with E-state index < -0.39 is 14.4 Å². The Morgan fingerprint density at radius 3 is 2.74 bits per heavy atom. The third-order valence-electron chi connectivity index (χ3n) is 8.36. The number of fused-ring (bicyclic) bond motifs is 2. The van der Waals surface area contributed by atoms with Crippen molar-refractivity contribution < 1.29 is 24.2 Å². The molecule has 10 heteroatoms. The predicted octanol–water partition coefficient (Wildman–Crippen LogP) is 3.41. The first-order valence-electron chi connectivity index (χ1n) is 13.6. The minimum absolute atomic E-state index is 0.0523. The van der Waals surface area contributed by atoms with E-state index >= 15 is 0 Å². The molecule has 2 aliphatic heterocycles. The molecule has 1 amide bonds. The van der Waals surface area contributed by atoms with Gasteiger partial charge in [0.1, 0.15) is 11.9 Å². The topological polar surface area (TPSA) is 114 Å². The second-order valence-electron chi connectivity index (χ2n) is 11.3. The highest BCUT2D eigenvalue weighted by Gasteiger charge is 2.48. The normalized spacial score (nSPS) is 23.9. The van der Waals surface area contributed by atoms with E-state index in [1.165, 1.54) is 4.68 Å². The SMILES string of the molecule is CO[C@@H]1c2cc(-n3ncc4ccccc4c3=O)ccc2O[C@H](C(CC(=O)N2CCC[C@H]2CO)[Si](C)(C)O)[C@H]1C. The van der Waals surface area contributed by atoms with Crippen molar-refractivity contribution in [2.75, 3.05) is 20.3 Å². The first-order chi connectivity index (χ1) is 18.6. The van der Waals surface area contributed by atoms with Gasteiger partial charge >= 0.3 is 0 Å². The van der Waals surface area contributed by atoms with E-state index in [0.717, 1.165) is 23.8 Å². The summed E-state index contributed by atoms with van der Waals surface area (Å²) < 4.78 is 13.9. The second-order valence-corrected chi connectivity index (χ2v) is 15.3. The van der Waals surface area contributed by atoms with Gasteiger partial charge < -0.3 is 24.3 Å². The van der Waals surface area contributed by atoms with Crippen LogP contribution in [0.2, 0.25) is 18.6 Å². The van der Waals surface area contributed by atoms with Crippen LogP contribution < -0.4 is 10.3 Å². The molecule has 0 bridgehead atoms. The van der Waals surface area contributed by atoms with Crippen LogP contribution in [0.1, 0.15) is 37.9 Å². The van der Waals surface area contributed by atoms with Crippen LogP contribution in [-0.2, 0) is 9.53 Å². The van der Waals surface area contributed by atoms with Gasteiger partial charge in [0.25, 0.3) is 5.56 Å². The van der Waals surface area contributed by atoms with Gasteiger partial charge in [0, 0.05) is 42.5 Å². The number of benzene rings is 2. The minimum atomic E-state index is -2.87. The summed E-state index contributed by atoms with van der Waals surface area (Å²) in [6, 6.07) is 12.7. The van der Waals surface area contributed by atoms with Crippen molar-refractivity contribution in [1.29, 1.82) is 0 Å². The largest absolute Gasteiger partial charge is 0.490 e. The van der Waals surface area contributed by atoms with Crippen molar-refractivity contribution in [3.63, 3.8) is 0 Å². The van der Waals surface area contributed by atoms with Gasteiger partial charge in [-0.3, -0.25) is 9.59 Å². The number of aliphatic hydroxyl groups is 1. The molecule has 1 unspecified atom stereocenters. The highest BCUT2D eigenvalue weighted by atomic mass is 28.4. The van der Waals surface area contributed by atoms with Crippen LogP contribution in [0.4, 0.5) is 0 Å². The molecule has 3 aromatic rings. The van der Waals surface area contributed by atoms with Crippen LogP contribution in [0, 0.1) is 5.92 Å². The number of aromatic nitrogens is 2. The molecule has 1 fully saturated rings. The Labute approximate surface area is 229 Å². The van der Waals surface area contributed by atoms with Crippen LogP contribution in [0.15, 0.2) is 53.5 Å². The first kappa shape index (κ1) is 27.5. The lowest BCUT2D eigenvalue weighted by molar-refractivity contribution is -0.133. The number of amides is 1. The van der Waals surface area contributed by atoms with Crippen LogP contribution in [0.25, 0.3) is 16.5 Å².